The van der Waals surface area contributed by atoms with Gasteiger partial charge in [0, 0.05) is 12.2 Å². The van der Waals surface area contributed by atoms with E-state index in [0.29, 0.717) is 5.25 Å². The highest BCUT2D eigenvalue weighted by atomic mass is 32.2. The van der Waals surface area contributed by atoms with Crippen LogP contribution in [0.2, 0.25) is 0 Å². The normalized spacial score (nSPS) is 17.9. The van der Waals surface area contributed by atoms with E-state index >= 15 is 0 Å². The first-order chi connectivity index (χ1) is 9.74. The molecule has 20 heavy (non-hydrogen) atoms. The van der Waals surface area contributed by atoms with Crippen molar-refractivity contribution in [2.45, 2.75) is 37.2 Å². The summed E-state index contributed by atoms with van der Waals surface area (Å²) >= 11 is 1.83. The van der Waals surface area contributed by atoms with Gasteiger partial charge in [-0.25, -0.2) is 0 Å². The summed E-state index contributed by atoms with van der Waals surface area (Å²) in [6.07, 6.45) is 0.996. The number of thioether (sulfide) groups is 1. The van der Waals surface area contributed by atoms with Gasteiger partial charge >= 0.3 is 0 Å². The summed E-state index contributed by atoms with van der Waals surface area (Å²) in [6, 6.07) is 8.35. The molecular weight excluding hydrogens is 270 g/mol. The molecule has 1 atom stereocenters. The van der Waals surface area contributed by atoms with E-state index in [1.807, 2.05) is 17.8 Å². The second-order valence-electron chi connectivity index (χ2n) is 5.26. The maximum absolute atomic E-state index is 5.49. The maximum Gasteiger partial charge on any atom is 0.234 e. The van der Waals surface area contributed by atoms with Crippen LogP contribution in [0.4, 0.5) is 5.69 Å². The molecule has 0 saturated heterocycles. The number of nitrogens with one attached hydrogen (secondary N) is 1. The first-order valence-electron chi connectivity index (χ1n) is 7.01. The van der Waals surface area contributed by atoms with Crippen LogP contribution in [0.15, 0.2) is 28.8 Å². The predicted octanol–water partition coefficient (Wildman–Crippen LogP) is 3.66. The topological polar surface area (TPSA) is 51.0 Å². The molecule has 5 heteroatoms. The van der Waals surface area contributed by atoms with Crippen LogP contribution >= 0.6 is 11.8 Å². The molecule has 0 amide bonds. The lowest BCUT2D eigenvalue weighted by Crippen LogP contribution is -2.17. The summed E-state index contributed by atoms with van der Waals surface area (Å²) < 4.78 is 5.49. The molecule has 0 spiro atoms. The molecule has 0 radical (unpaired) electrons. The fourth-order valence-corrected chi connectivity index (χ4v) is 3.03. The average Bonchev–Trinajstić information content (AvgIpc) is 2.93. The lowest BCUT2D eigenvalue weighted by molar-refractivity contribution is 0.357. The Labute approximate surface area is 123 Å². The predicted molar refractivity (Wildman–Crippen MR) is 82.1 cm³/mol. The van der Waals surface area contributed by atoms with Crippen molar-refractivity contribution in [2.75, 3.05) is 11.9 Å². The number of benzene rings is 1. The van der Waals surface area contributed by atoms with E-state index in [-0.39, 0.29) is 5.92 Å². The fourth-order valence-electron chi connectivity index (χ4n) is 2.43. The Balaban J connectivity index is 1.80. The van der Waals surface area contributed by atoms with E-state index in [2.05, 4.69) is 47.5 Å². The Morgan fingerprint density at radius 2 is 2.25 bits per heavy atom. The number of rotatable bonds is 4. The zero-order valence-corrected chi connectivity index (χ0v) is 12.6. The molecule has 0 aliphatic carbocycles. The highest BCUT2D eigenvalue weighted by Gasteiger charge is 2.26. The SMILES string of the molecule is CC(C)SCc1noc(C2CCNc3ccccc32)n1. The number of anilines is 1. The van der Waals surface area contributed by atoms with Crippen LogP contribution < -0.4 is 5.32 Å². The third kappa shape index (κ3) is 2.82. The number of nitrogens with zero attached hydrogens (tertiary/aromatic N) is 2. The fraction of sp³-hybridized carbons (Fsp3) is 0.467. The lowest BCUT2D eigenvalue weighted by atomic mass is 9.91. The molecule has 1 aliphatic rings. The lowest BCUT2D eigenvalue weighted by Gasteiger charge is -2.23. The monoisotopic (exact) mass is 289 g/mol. The zero-order chi connectivity index (χ0) is 13.9. The van der Waals surface area contributed by atoms with Crippen molar-refractivity contribution in [1.29, 1.82) is 0 Å². The average molecular weight is 289 g/mol. The van der Waals surface area contributed by atoms with Gasteiger partial charge in [0.05, 0.1) is 11.7 Å². The maximum atomic E-state index is 5.49. The van der Waals surface area contributed by atoms with Crippen molar-refractivity contribution < 1.29 is 4.52 Å². The second kappa shape index (κ2) is 5.87. The summed E-state index contributed by atoms with van der Waals surface area (Å²) in [4.78, 5) is 4.58. The molecule has 106 valence electrons. The van der Waals surface area contributed by atoms with Gasteiger partial charge in [-0.3, -0.25) is 0 Å². The summed E-state index contributed by atoms with van der Waals surface area (Å²) in [5, 5.41) is 8.10. The number of aromatic nitrogens is 2. The molecule has 0 bridgehead atoms. The number of fused-ring (bicyclic) bond motifs is 1. The quantitative estimate of drug-likeness (QED) is 0.931. The van der Waals surface area contributed by atoms with Crippen LogP contribution in [0.25, 0.3) is 0 Å². The highest BCUT2D eigenvalue weighted by Crippen LogP contribution is 2.35. The number of hydrogen-bond donors (Lipinski definition) is 1. The van der Waals surface area contributed by atoms with Crippen molar-refractivity contribution in [3.63, 3.8) is 0 Å². The molecule has 0 fully saturated rings. The zero-order valence-electron chi connectivity index (χ0n) is 11.8. The smallest absolute Gasteiger partial charge is 0.234 e. The van der Waals surface area contributed by atoms with E-state index in [1.54, 1.807) is 0 Å². The van der Waals surface area contributed by atoms with Gasteiger partial charge in [0.2, 0.25) is 5.89 Å². The molecule has 1 aliphatic heterocycles. The molecule has 1 unspecified atom stereocenters. The van der Waals surface area contributed by atoms with Crippen molar-refractivity contribution in [3.05, 3.63) is 41.5 Å². The third-order valence-electron chi connectivity index (χ3n) is 3.41. The third-order valence-corrected chi connectivity index (χ3v) is 4.50. The Hall–Kier alpha value is -1.49. The first-order valence-corrected chi connectivity index (χ1v) is 8.06. The van der Waals surface area contributed by atoms with Gasteiger partial charge in [-0.2, -0.15) is 16.7 Å². The minimum atomic E-state index is 0.220. The van der Waals surface area contributed by atoms with Gasteiger partial charge in [-0.1, -0.05) is 37.2 Å². The summed E-state index contributed by atoms with van der Waals surface area (Å²) in [7, 11) is 0. The van der Waals surface area contributed by atoms with Gasteiger partial charge in [-0.05, 0) is 23.3 Å². The second-order valence-corrected chi connectivity index (χ2v) is 6.83. The summed E-state index contributed by atoms with van der Waals surface area (Å²) in [6.45, 7) is 5.30. The van der Waals surface area contributed by atoms with Crippen LogP contribution in [0.3, 0.4) is 0 Å². The van der Waals surface area contributed by atoms with E-state index in [1.165, 1.54) is 11.3 Å². The molecule has 3 rings (SSSR count). The molecule has 2 aromatic rings. The standard InChI is InChI=1S/C15H19N3OS/c1-10(2)20-9-14-17-15(19-18-14)12-7-8-16-13-6-4-3-5-11(12)13/h3-6,10,12,16H,7-9H2,1-2H3. The van der Waals surface area contributed by atoms with E-state index in [4.69, 9.17) is 4.52 Å². The van der Waals surface area contributed by atoms with Crippen LogP contribution in [-0.4, -0.2) is 21.9 Å². The minimum absolute atomic E-state index is 0.220. The van der Waals surface area contributed by atoms with E-state index < -0.39 is 0 Å². The van der Waals surface area contributed by atoms with Crippen LogP contribution in [0.1, 0.15) is 43.5 Å². The van der Waals surface area contributed by atoms with Crippen LogP contribution in [0.5, 0.6) is 0 Å². The minimum Gasteiger partial charge on any atom is -0.385 e. The Morgan fingerprint density at radius 3 is 3.10 bits per heavy atom. The molecule has 1 aromatic carbocycles. The van der Waals surface area contributed by atoms with E-state index in [9.17, 15) is 0 Å². The van der Waals surface area contributed by atoms with Crippen molar-refractivity contribution in [1.82, 2.24) is 10.1 Å². The molecular formula is C15H19N3OS. The van der Waals surface area contributed by atoms with Gasteiger partial charge in [-0.15, -0.1) is 0 Å². The van der Waals surface area contributed by atoms with E-state index in [0.717, 1.165) is 30.4 Å². The van der Waals surface area contributed by atoms with Gasteiger partial charge < -0.3 is 9.84 Å². The highest BCUT2D eigenvalue weighted by molar-refractivity contribution is 7.99. The Morgan fingerprint density at radius 1 is 1.40 bits per heavy atom. The molecule has 1 N–H and O–H groups in total. The number of para-hydroxylation sites is 1. The van der Waals surface area contributed by atoms with Gasteiger partial charge in [0.25, 0.3) is 0 Å². The molecule has 2 heterocycles. The van der Waals surface area contributed by atoms with Crippen molar-refractivity contribution in [2.24, 2.45) is 0 Å². The molecule has 0 saturated carbocycles. The Bertz CT molecular complexity index is 582. The summed E-state index contributed by atoms with van der Waals surface area (Å²) in [5.41, 5.74) is 2.44. The van der Waals surface area contributed by atoms with Gasteiger partial charge in [0.1, 0.15) is 0 Å². The largest absolute Gasteiger partial charge is 0.385 e. The van der Waals surface area contributed by atoms with Crippen LogP contribution in [0, 0.1) is 0 Å². The Kier molecular flexibility index (Phi) is 3.96. The van der Waals surface area contributed by atoms with Gasteiger partial charge in [0.15, 0.2) is 5.82 Å². The molecule has 4 nitrogen and oxygen atoms in total. The number of hydrogen-bond acceptors (Lipinski definition) is 5. The van der Waals surface area contributed by atoms with Crippen molar-refractivity contribution in [3.8, 4) is 0 Å². The first kappa shape index (κ1) is 13.5. The van der Waals surface area contributed by atoms with Crippen LogP contribution in [-0.2, 0) is 5.75 Å². The van der Waals surface area contributed by atoms with Crippen molar-refractivity contribution >= 4 is 17.4 Å². The summed E-state index contributed by atoms with van der Waals surface area (Å²) in [5.74, 6) is 2.58. The molecule has 1 aromatic heterocycles.